The van der Waals surface area contributed by atoms with E-state index in [1.54, 1.807) is 18.7 Å². The van der Waals surface area contributed by atoms with E-state index < -0.39 is 21.4 Å². The van der Waals surface area contributed by atoms with Gasteiger partial charge in [-0.15, -0.1) is 0 Å². The zero-order valence-electron chi connectivity index (χ0n) is 21.4. The Morgan fingerprint density at radius 1 is 1.00 bits per heavy atom. The van der Waals surface area contributed by atoms with Crippen molar-refractivity contribution in [1.82, 2.24) is 10.2 Å². The lowest BCUT2D eigenvalue weighted by molar-refractivity contribution is -0.138. The van der Waals surface area contributed by atoms with Crippen molar-refractivity contribution < 1.29 is 18.0 Å². The lowest BCUT2D eigenvalue weighted by Crippen LogP contribution is -2.58. The van der Waals surface area contributed by atoms with Crippen LogP contribution in [0.3, 0.4) is 0 Å². The number of carbonyl (C=O) groups is 2. The second-order valence-corrected chi connectivity index (χ2v) is 12.3. The van der Waals surface area contributed by atoms with Gasteiger partial charge in [0.05, 0.1) is 11.3 Å². The van der Waals surface area contributed by atoms with Crippen LogP contribution in [-0.2, 0) is 31.6 Å². The maximum atomic E-state index is 13.5. The van der Waals surface area contributed by atoms with Gasteiger partial charge in [0, 0.05) is 38.1 Å². The molecular formula is C27H38N4O4S. The van der Waals surface area contributed by atoms with Gasteiger partial charge in [-0.2, -0.15) is 0 Å². The molecule has 2 aromatic rings. The standard InChI is InChI=1S/C27H38N4O4S/c1-27(2,28)26(33)29-23(14-9-12-21-10-5-4-6-11-21)25(32)31-18-16-30(17-19-31)24-15-8-7-13-22(24)20-36(3,34)35/h4-8,10-11,13,15,23H,9,12,14,16-20,28H2,1-3H3,(H,29,33)/t23-/m1/s1. The molecule has 1 heterocycles. The van der Waals surface area contributed by atoms with E-state index in [0.29, 0.717) is 32.6 Å². The quantitative estimate of drug-likeness (QED) is 0.502. The molecule has 9 heteroatoms. The summed E-state index contributed by atoms with van der Waals surface area (Å²) in [6.07, 6.45) is 3.32. The van der Waals surface area contributed by atoms with E-state index in [9.17, 15) is 18.0 Å². The number of nitrogens with two attached hydrogens (primary N) is 1. The van der Waals surface area contributed by atoms with E-state index in [-0.39, 0.29) is 17.6 Å². The zero-order chi connectivity index (χ0) is 26.3. The normalized spacial score (nSPS) is 15.4. The molecule has 3 rings (SSSR count). The highest BCUT2D eigenvalue weighted by Gasteiger charge is 2.32. The number of amides is 2. The third-order valence-electron chi connectivity index (χ3n) is 6.33. The lowest BCUT2D eigenvalue weighted by atomic mass is 10.0. The molecule has 0 spiro atoms. The highest BCUT2D eigenvalue weighted by Crippen LogP contribution is 2.24. The van der Waals surface area contributed by atoms with E-state index in [2.05, 4.69) is 22.3 Å². The van der Waals surface area contributed by atoms with Crippen LogP contribution in [-0.4, -0.2) is 69.1 Å². The average Bonchev–Trinajstić information content (AvgIpc) is 2.82. The number of hydrogen-bond donors (Lipinski definition) is 2. The van der Waals surface area contributed by atoms with Crippen LogP contribution in [0.5, 0.6) is 0 Å². The number of hydrogen-bond acceptors (Lipinski definition) is 6. The van der Waals surface area contributed by atoms with Gasteiger partial charge in [0.1, 0.15) is 6.04 Å². The highest BCUT2D eigenvalue weighted by molar-refractivity contribution is 7.89. The van der Waals surface area contributed by atoms with Crippen LogP contribution in [0.4, 0.5) is 5.69 Å². The summed E-state index contributed by atoms with van der Waals surface area (Å²) in [6, 6.07) is 16.9. The Morgan fingerprint density at radius 3 is 2.22 bits per heavy atom. The third kappa shape index (κ3) is 8.06. The van der Waals surface area contributed by atoms with Gasteiger partial charge in [0.25, 0.3) is 0 Å². The van der Waals surface area contributed by atoms with E-state index in [0.717, 1.165) is 24.1 Å². The van der Waals surface area contributed by atoms with Gasteiger partial charge in [-0.25, -0.2) is 8.42 Å². The van der Waals surface area contributed by atoms with Gasteiger partial charge in [-0.05, 0) is 50.3 Å². The minimum atomic E-state index is -3.17. The van der Waals surface area contributed by atoms with Crippen molar-refractivity contribution in [2.75, 3.05) is 37.3 Å². The number of para-hydroxylation sites is 1. The molecule has 8 nitrogen and oxygen atoms in total. The fourth-order valence-electron chi connectivity index (χ4n) is 4.37. The Bertz CT molecular complexity index is 1140. The minimum absolute atomic E-state index is 0.0211. The van der Waals surface area contributed by atoms with Crippen LogP contribution in [0.2, 0.25) is 0 Å². The number of piperazine rings is 1. The van der Waals surface area contributed by atoms with Crippen LogP contribution >= 0.6 is 0 Å². The van der Waals surface area contributed by atoms with Crippen molar-refractivity contribution in [1.29, 1.82) is 0 Å². The average molecular weight is 515 g/mol. The highest BCUT2D eigenvalue weighted by atomic mass is 32.2. The molecule has 0 unspecified atom stereocenters. The molecule has 1 saturated heterocycles. The third-order valence-corrected chi connectivity index (χ3v) is 7.17. The summed E-state index contributed by atoms with van der Waals surface area (Å²) in [7, 11) is -3.17. The number of nitrogens with one attached hydrogen (secondary N) is 1. The first-order chi connectivity index (χ1) is 16.9. The van der Waals surface area contributed by atoms with Crippen LogP contribution in [0.15, 0.2) is 54.6 Å². The maximum absolute atomic E-state index is 13.5. The minimum Gasteiger partial charge on any atom is -0.368 e. The lowest BCUT2D eigenvalue weighted by Gasteiger charge is -2.38. The Labute approximate surface area is 214 Å². The first-order valence-electron chi connectivity index (χ1n) is 12.4. The fraction of sp³-hybridized carbons (Fsp3) is 0.481. The first kappa shape index (κ1) is 27.7. The smallest absolute Gasteiger partial charge is 0.245 e. The summed E-state index contributed by atoms with van der Waals surface area (Å²) in [4.78, 5) is 30.0. The second kappa shape index (κ2) is 11.9. The van der Waals surface area contributed by atoms with E-state index in [1.165, 1.54) is 11.8 Å². The molecule has 1 fully saturated rings. The molecule has 196 valence electrons. The Kier molecular flexibility index (Phi) is 9.13. The summed E-state index contributed by atoms with van der Waals surface area (Å²) in [6.45, 7) is 5.40. The van der Waals surface area contributed by atoms with Gasteiger partial charge < -0.3 is 20.9 Å². The predicted molar refractivity (Wildman–Crippen MR) is 143 cm³/mol. The molecule has 2 amide bonds. The van der Waals surface area contributed by atoms with E-state index in [1.807, 2.05) is 42.5 Å². The number of aryl methyl sites for hydroxylation is 1. The molecule has 1 aliphatic heterocycles. The van der Waals surface area contributed by atoms with Crippen molar-refractivity contribution in [2.45, 2.75) is 50.4 Å². The van der Waals surface area contributed by atoms with Gasteiger partial charge >= 0.3 is 0 Å². The molecule has 36 heavy (non-hydrogen) atoms. The molecule has 1 atom stereocenters. The van der Waals surface area contributed by atoms with Crippen molar-refractivity contribution in [3.63, 3.8) is 0 Å². The predicted octanol–water partition coefficient (Wildman–Crippen LogP) is 2.12. The Morgan fingerprint density at radius 2 is 1.61 bits per heavy atom. The Balaban J connectivity index is 1.65. The summed E-state index contributed by atoms with van der Waals surface area (Å²) in [5.74, 6) is -0.481. The Hall–Kier alpha value is -2.91. The molecule has 0 aromatic heterocycles. The monoisotopic (exact) mass is 514 g/mol. The topological polar surface area (TPSA) is 113 Å². The fourth-order valence-corrected chi connectivity index (χ4v) is 5.18. The van der Waals surface area contributed by atoms with Crippen LogP contribution < -0.4 is 16.0 Å². The molecule has 0 aliphatic carbocycles. The molecule has 0 radical (unpaired) electrons. The largest absolute Gasteiger partial charge is 0.368 e. The van der Waals surface area contributed by atoms with Crippen molar-refractivity contribution in [3.05, 3.63) is 65.7 Å². The van der Waals surface area contributed by atoms with Gasteiger partial charge in [0.15, 0.2) is 9.84 Å². The maximum Gasteiger partial charge on any atom is 0.245 e. The molecular weight excluding hydrogens is 476 g/mol. The number of rotatable bonds is 10. The van der Waals surface area contributed by atoms with Gasteiger partial charge in [-0.1, -0.05) is 48.5 Å². The summed E-state index contributed by atoms with van der Waals surface area (Å²) in [5, 5.41) is 2.88. The second-order valence-electron chi connectivity index (χ2n) is 10.1. The summed E-state index contributed by atoms with van der Waals surface area (Å²) >= 11 is 0. The SMILES string of the molecule is CC(C)(N)C(=O)N[C@H](CCCc1ccccc1)C(=O)N1CCN(c2ccccc2CS(C)(=O)=O)CC1. The molecule has 0 bridgehead atoms. The van der Waals surface area contributed by atoms with E-state index in [4.69, 9.17) is 5.73 Å². The molecule has 1 aliphatic rings. The number of anilines is 1. The molecule has 3 N–H and O–H groups in total. The van der Waals surface area contributed by atoms with E-state index >= 15 is 0 Å². The number of carbonyl (C=O) groups excluding carboxylic acids is 2. The van der Waals surface area contributed by atoms with Crippen LogP contribution in [0, 0.1) is 0 Å². The van der Waals surface area contributed by atoms with Crippen molar-refractivity contribution >= 4 is 27.3 Å². The van der Waals surface area contributed by atoms with Gasteiger partial charge in [0.2, 0.25) is 11.8 Å². The van der Waals surface area contributed by atoms with Gasteiger partial charge in [-0.3, -0.25) is 9.59 Å². The summed E-state index contributed by atoms with van der Waals surface area (Å²) < 4.78 is 23.7. The zero-order valence-corrected chi connectivity index (χ0v) is 22.3. The summed E-state index contributed by atoms with van der Waals surface area (Å²) in [5.41, 5.74) is 7.73. The van der Waals surface area contributed by atoms with Crippen molar-refractivity contribution in [2.24, 2.45) is 5.73 Å². The molecule has 0 saturated carbocycles. The molecule has 2 aromatic carbocycles. The van der Waals surface area contributed by atoms with Crippen LogP contribution in [0.25, 0.3) is 0 Å². The number of sulfone groups is 1. The number of nitrogens with zero attached hydrogens (tertiary/aromatic N) is 2. The first-order valence-corrected chi connectivity index (χ1v) is 14.4. The van der Waals surface area contributed by atoms with Crippen LogP contribution in [0.1, 0.15) is 37.8 Å². The number of benzene rings is 2. The van der Waals surface area contributed by atoms with Crippen molar-refractivity contribution in [3.8, 4) is 0 Å².